The fraction of sp³-hybridized carbons (Fsp3) is 0.929. The number of carbonyl (C=O) groups is 1. The average molecular weight is 238 g/mol. The first-order valence-electron chi connectivity index (χ1n) is 7.28. The third-order valence-electron chi connectivity index (χ3n) is 4.40. The topological polar surface area (TPSA) is 41.1 Å². The second-order valence-electron chi connectivity index (χ2n) is 5.75. The molecule has 0 bridgehead atoms. The van der Waals surface area contributed by atoms with Gasteiger partial charge >= 0.3 is 0 Å². The van der Waals surface area contributed by atoms with Gasteiger partial charge in [-0.15, -0.1) is 0 Å². The molecule has 2 unspecified atom stereocenters. The van der Waals surface area contributed by atoms with Crippen LogP contribution in [0.5, 0.6) is 0 Å². The van der Waals surface area contributed by atoms with E-state index in [4.69, 9.17) is 0 Å². The van der Waals surface area contributed by atoms with Gasteiger partial charge < -0.3 is 10.6 Å². The van der Waals surface area contributed by atoms with E-state index in [-0.39, 0.29) is 5.92 Å². The summed E-state index contributed by atoms with van der Waals surface area (Å²) in [6.07, 6.45) is 8.42. The van der Waals surface area contributed by atoms with Crippen LogP contribution in [-0.2, 0) is 4.79 Å². The normalized spacial score (nSPS) is 31.8. The number of piperidine rings is 1. The van der Waals surface area contributed by atoms with Crippen molar-refractivity contribution in [2.24, 2.45) is 11.8 Å². The summed E-state index contributed by atoms with van der Waals surface area (Å²) in [5.74, 6) is 1.22. The highest BCUT2D eigenvalue weighted by molar-refractivity contribution is 5.79. The lowest BCUT2D eigenvalue weighted by Gasteiger charge is -2.27. The molecule has 2 rings (SSSR count). The van der Waals surface area contributed by atoms with Crippen LogP contribution in [0.3, 0.4) is 0 Å². The first-order valence-corrected chi connectivity index (χ1v) is 7.28. The number of rotatable bonds is 2. The van der Waals surface area contributed by atoms with Gasteiger partial charge in [0.15, 0.2) is 0 Å². The minimum atomic E-state index is 0.256. The van der Waals surface area contributed by atoms with Crippen LogP contribution in [0, 0.1) is 11.8 Å². The van der Waals surface area contributed by atoms with Gasteiger partial charge in [0.2, 0.25) is 5.91 Å². The quantitative estimate of drug-likeness (QED) is 0.723. The van der Waals surface area contributed by atoms with E-state index in [1.165, 1.54) is 32.1 Å². The van der Waals surface area contributed by atoms with Crippen LogP contribution in [0.25, 0.3) is 0 Å². The predicted molar refractivity (Wildman–Crippen MR) is 69.8 cm³/mol. The van der Waals surface area contributed by atoms with E-state index in [9.17, 15) is 4.79 Å². The molecule has 1 saturated heterocycles. The van der Waals surface area contributed by atoms with Crippen LogP contribution in [0.1, 0.15) is 51.9 Å². The Morgan fingerprint density at radius 2 is 1.76 bits per heavy atom. The highest BCUT2D eigenvalue weighted by Crippen LogP contribution is 2.23. The SMILES string of the molecule is CC1CCCCCC1NC(=O)C1CCNCC1. The average Bonchev–Trinajstić information content (AvgIpc) is 2.56. The molecule has 2 fully saturated rings. The molecular weight excluding hydrogens is 212 g/mol. The van der Waals surface area contributed by atoms with Crippen molar-refractivity contribution >= 4 is 5.91 Å². The van der Waals surface area contributed by atoms with Gasteiger partial charge in [-0.1, -0.05) is 26.2 Å². The molecule has 98 valence electrons. The van der Waals surface area contributed by atoms with Crippen LogP contribution >= 0.6 is 0 Å². The fourth-order valence-electron chi connectivity index (χ4n) is 3.09. The molecule has 0 aromatic carbocycles. The third-order valence-corrected chi connectivity index (χ3v) is 4.40. The van der Waals surface area contributed by atoms with Crippen molar-refractivity contribution in [3.05, 3.63) is 0 Å². The maximum absolute atomic E-state index is 12.2. The maximum atomic E-state index is 12.2. The largest absolute Gasteiger partial charge is 0.353 e. The third kappa shape index (κ3) is 3.70. The second-order valence-corrected chi connectivity index (χ2v) is 5.75. The summed E-state index contributed by atoms with van der Waals surface area (Å²) >= 11 is 0. The minimum absolute atomic E-state index is 0.256. The summed E-state index contributed by atoms with van der Waals surface area (Å²) in [5, 5.41) is 6.62. The molecule has 2 N–H and O–H groups in total. The smallest absolute Gasteiger partial charge is 0.223 e. The van der Waals surface area contributed by atoms with Gasteiger partial charge in [0.05, 0.1) is 0 Å². The highest BCUT2D eigenvalue weighted by atomic mass is 16.1. The summed E-state index contributed by atoms with van der Waals surface area (Å²) in [4.78, 5) is 12.2. The molecule has 0 aromatic rings. The number of hydrogen-bond acceptors (Lipinski definition) is 2. The standard InChI is InChI=1S/C14H26N2O/c1-11-5-3-2-4-6-13(11)16-14(17)12-7-9-15-10-8-12/h11-13,15H,2-10H2,1H3,(H,16,17). The molecular formula is C14H26N2O. The van der Waals surface area contributed by atoms with Gasteiger partial charge in [0, 0.05) is 12.0 Å². The molecule has 1 heterocycles. The van der Waals surface area contributed by atoms with Crippen molar-refractivity contribution in [2.45, 2.75) is 57.9 Å². The first kappa shape index (κ1) is 12.9. The van der Waals surface area contributed by atoms with Gasteiger partial charge in [-0.05, 0) is 44.7 Å². The van der Waals surface area contributed by atoms with Crippen molar-refractivity contribution in [3.63, 3.8) is 0 Å². The highest BCUT2D eigenvalue weighted by Gasteiger charge is 2.26. The Morgan fingerprint density at radius 3 is 2.53 bits per heavy atom. The summed E-state index contributed by atoms with van der Waals surface area (Å²) in [6, 6.07) is 0.430. The Morgan fingerprint density at radius 1 is 1.06 bits per heavy atom. The number of amides is 1. The van der Waals surface area contributed by atoms with Crippen LogP contribution in [-0.4, -0.2) is 25.0 Å². The van der Waals surface area contributed by atoms with Gasteiger partial charge in [-0.3, -0.25) is 4.79 Å². The van der Waals surface area contributed by atoms with Gasteiger partial charge in [-0.2, -0.15) is 0 Å². The van der Waals surface area contributed by atoms with Crippen LogP contribution in [0.15, 0.2) is 0 Å². The van der Waals surface area contributed by atoms with E-state index >= 15 is 0 Å². The first-order chi connectivity index (χ1) is 8.27. The summed E-state index contributed by atoms with van der Waals surface area (Å²) in [6.45, 7) is 4.29. The van der Waals surface area contributed by atoms with E-state index in [0.29, 0.717) is 17.9 Å². The molecule has 0 spiro atoms. The van der Waals surface area contributed by atoms with Crippen molar-refractivity contribution in [3.8, 4) is 0 Å². The molecule has 17 heavy (non-hydrogen) atoms. The Kier molecular flexibility index (Phi) is 4.84. The predicted octanol–water partition coefficient (Wildman–Crippen LogP) is 2.07. The van der Waals surface area contributed by atoms with Crippen LogP contribution < -0.4 is 10.6 Å². The van der Waals surface area contributed by atoms with Crippen molar-refractivity contribution in [1.29, 1.82) is 0 Å². The summed E-state index contributed by atoms with van der Waals surface area (Å²) in [7, 11) is 0. The van der Waals surface area contributed by atoms with Gasteiger partial charge in [0.1, 0.15) is 0 Å². The van der Waals surface area contributed by atoms with Gasteiger partial charge in [0.25, 0.3) is 0 Å². The van der Waals surface area contributed by atoms with E-state index in [2.05, 4.69) is 17.6 Å². The summed E-state index contributed by atoms with van der Waals surface area (Å²) < 4.78 is 0. The van der Waals surface area contributed by atoms with E-state index in [1.807, 2.05) is 0 Å². The number of nitrogens with one attached hydrogen (secondary N) is 2. The minimum Gasteiger partial charge on any atom is -0.353 e. The second kappa shape index (κ2) is 6.39. The lowest BCUT2D eigenvalue weighted by Crippen LogP contribution is -2.44. The van der Waals surface area contributed by atoms with Crippen LogP contribution in [0.2, 0.25) is 0 Å². The Balaban J connectivity index is 1.83. The Bertz CT molecular complexity index is 249. The molecule has 1 saturated carbocycles. The number of hydrogen-bond donors (Lipinski definition) is 2. The van der Waals surface area contributed by atoms with E-state index in [1.54, 1.807) is 0 Å². The Hall–Kier alpha value is -0.570. The zero-order chi connectivity index (χ0) is 12.1. The molecule has 3 nitrogen and oxygen atoms in total. The molecule has 3 heteroatoms. The molecule has 0 radical (unpaired) electrons. The molecule has 0 aromatic heterocycles. The number of carbonyl (C=O) groups excluding carboxylic acids is 1. The lowest BCUT2D eigenvalue weighted by molar-refractivity contribution is -0.126. The Labute approximate surface area is 105 Å². The summed E-state index contributed by atoms with van der Waals surface area (Å²) in [5.41, 5.74) is 0. The zero-order valence-electron chi connectivity index (χ0n) is 11.0. The van der Waals surface area contributed by atoms with Crippen molar-refractivity contribution in [1.82, 2.24) is 10.6 Å². The molecule has 1 aliphatic carbocycles. The maximum Gasteiger partial charge on any atom is 0.223 e. The van der Waals surface area contributed by atoms with E-state index < -0.39 is 0 Å². The molecule has 1 aliphatic heterocycles. The van der Waals surface area contributed by atoms with Crippen molar-refractivity contribution in [2.75, 3.05) is 13.1 Å². The molecule has 2 atom stereocenters. The van der Waals surface area contributed by atoms with Crippen LogP contribution in [0.4, 0.5) is 0 Å². The monoisotopic (exact) mass is 238 g/mol. The lowest BCUT2D eigenvalue weighted by atomic mass is 9.93. The molecule has 2 aliphatic rings. The van der Waals surface area contributed by atoms with Crippen molar-refractivity contribution < 1.29 is 4.79 Å². The van der Waals surface area contributed by atoms with E-state index in [0.717, 1.165) is 25.9 Å². The van der Waals surface area contributed by atoms with Gasteiger partial charge in [-0.25, -0.2) is 0 Å². The fourth-order valence-corrected chi connectivity index (χ4v) is 3.09. The molecule has 1 amide bonds. The zero-order valence-corrected chi connectivity index (χ0v) is 11.0.